The normalized spacial score (nSPS) is 18.1. The Morgan fingerprint density at radius 3 is 2.65 bits per heavy atom. The van der Waals surface area contributed by atoms with Crippen LogP contribution in [0, 0.1) is 11.6 Å². The number of rotatable bonds is 6. The summed E-state index contributed by atoms with van der Waals surface area (Å²) in [6.45, 7) is 5.78. The molecule has 1 fully saturated rings. The van der Waals surface area contributed by atoms with Crippen LogP contribution in [0.1, 0.15) is 44.2 Å². The summed E-state index contributed by atoms with van der Waals surface area (Å²) in [4.78, 5) is 2.28. The maximum Gasteiger partial charge on any atom is 0.163 e. The van der Waals surface area contributed by atoms with Crippen LogP contribution in [0.15, 0.2) is 18.2 Å². The van der Waals surface area contributed by atoms with Gasteiger partial charge in [0.2, 0.25) is 0 Å². The molecule has 0 spiro atoms. The average Bonchev–Trinajstić information content (AvgIpc) is 2.48. The molecule has 2 rings (SSSR count). The van der Waals surface area contributed by atoms with Gasteiger partial charge < -0.3 is 5.32 Å². The fourth-order valence-corrected chi connectivity index (χ4v) is 2.89. The van der Waals surface area contributed by atoms with Gasteiger partial charge in [-0.25, -0.2) is 8.78 Å². The Labute approximate surface area is 120 Å². The lowest BCUT2D eigenvalue weighted by Gasteiger charge is -2.35. The van der Waals surface area contributed by atoms with E-state index in [2.05, 4.69) is 17.1 Å². The van der Waals surface area contributed by atoms with Crippen LogP contribution >= 0.6 is 0 Å². The number of hydrogen-bond donors (Lipinski definition) is 1. The Morgan fingerprint density at radius 2 is 1.95 bits per heavy atom. The van der Waals surface area contributed by atoms with E-state index in [9.17, 15) is 8.78 Å². The highest BCUT2D eigenvalue weighted by atomic mass is 19.2. The van der Waals surface area contributed by atoms with Gasteiger partial charge in [0.15, 0.2) is 11.6 Å². The number of piperazine rings is 1. The third kappa shape index (κ3) is 3.76. The molecule has 1 saturated heterocycles. The number of nitrogens with zero attached hydrogens (tertiary/aromatic N) is 1. The van der Waals surface area contributed by atoms with E-state index in [1.807, 2.05) is 0 Å². The van der Waals surface area contributed by atoms with Crippen LogP contribution in [-0.2, 0) is 0 Å². The molecule has 1 aromatic rings. The molecule has 1 aromatic carbocycles. The zero-order valence-electron chi connectivity index (χ0n) is 12.2. The van der Waals surface area contributed by atoms with Crippen molar-refractivity contribution >= 4 is 0 Å². The second kappa shape index (κ2) is 7.70. The molecule has 4 heteroatoms. The first-order chi connectivity index (χ1) is 9.74. The summed E-state index contributed by atoms with van der Waals surface area (Å²) in [5, 5.41) is 3.30. The van der Waals surface area contributed by atoms with Crippen molar-refractivity contribution in [3.63, 3.8) is 0 Å². The van der Waals surface area contributed by atoms with Gasteiger partial charge in [-0.3, -0.25) is 4.90 Å². The van der Waals surface area contributed by atoms with Crippen LogP contribution in [-0.4, -0.2) is 31.1 Å². The zero-order chi connectivity index (χ0) is 14.4. The minimum Gasteiger partial charge on any atom is -0.314 e. The monoisotopic (exact) mass is 282 g/mol. The van der Waals surface area contributed by atoms with Crippen molar-refractivity contribution in [1.82, 2.24) is 10.2 Å². The third-order valence-electron chi connectivity index (χ3n) is 4.01. The molecule has 0 aliphatic carbocycles. The summed E-state index contributed by atoms with van der Waals surface area (Å²) < 4.78 is 27.6. The molecule has 1 atom stereocenters. The fourth-order valence-electron chi connectivity index (χ4n) is 2.89. The number of hydrogen-bond acceptors (Lipinski definition) is 2. The van der Waals surface area contributed by atoms with Crippen LogP contribution in [0.2, 0.25) is 0 Å². The minimum absolute atomic E-state index is 0.000602. The Hall–Kier alpha value is -1.00. The van der Waals surface area contributed by atoms with Gasteiger partial charge in [0, 0.05) is 37.8 Å². The first kappa shape index (κ1) is 15.4. The SMILES string of the molecule is CCCCC[C@H](c1cccc(F)c1F)N1CCNCC1. The standard InChI is InChI=1S/C16H24F2N2/c1-2-3-4-8-15(20-11-9-19-10-12-20)13-6-5-7-14(17)16(13)18/h5-7,15,19H,2-4,8-12H2,1H3/t15-/m1/s1. The van der Waals surface area contributed by atoms with Crippen molar-refractivity contribution < 1.29 is 8.78 Å². The third-order valence-corrected chi connectivity index (χ3v) is 4.01. The lowest BCUT2D eigenvalue weighted by atomic mass is 9.97. The van der Waals surface area contributed by atoms with E-state index in [-0.39, 0.29) is 6.04 Å². The Morgan fingerprint density at radius 1 is 1.20 bits per heavy atom. The van der Waals surface area contributed by atoms with E-state index in [0.717, 1.165) is 51.9 Å². The second-order valence-corrected chi connectivity index (χ2v) is 5.44. The van der Waals surface area contributed by atoms with Gasteiger partial charge in [0.1, 0.15) is 0 Å². The van der Waals surface area contributed by atoms with E-state index in [1.54, 1.807) is 12.1 Å². The predicted molar refractivity (Wildman–Crippen MR) is 77.7 cm³/mol. The molecular formula is C16H24F2N2. The molecule has 112 valence electrons. The maximum absolute atomic E-state index is 14.1. The molecule has 0 saturated carbocycles. The fraction of sp³-hybridized carbons (Fsp3) is 0.625. The summed E-state index contributed by atoms with van der Waals surface area (Å²) in [5.41, 5.74) is 0.517. The quantitative estimate of drug-likeness (QED) is 0.803. The van der Waals surface area contributed by atoms with E-state index in [0.29, 0.717) is 5.56 Å². The molecule has 0 radical (unpaired) electrons. The smallest absolute Gasteiger partial charge is 0.163 e. The van der Waals surface area contributed by atoms with Crippen LogP contribution in [0.4, 0.5) is 8.78 Å². The minimum atomic E-state index is -0.738. The number of benzene rings is 1. The summed E-state index contributed by atoms with van der Waals surface area (Å²) in [7, 11) is 0. The zero-order valence-corrected chi connectivity index (χ0v) is 12.2. The second-order valence-electron chi connectivity index (χ2n) is 5.44. The van der Waals surface area contributed by atoms with Crippen LogP contribution in [0.3, 0.4) is 0 Å². The van der Waals surface area contributed by atoms with Gasteiger partial charge in [-0.15, -0.1) is 0 Å². The topological polar surface area (TPSA) is 15.3 Å². The molecule has 1 aliphatic heterocycles. The molecule has 0 aromatic heterocycles. The summed E-state index contributed by atoms with van der Waals surface area (Å²) >= 11 is 0. The van der Waals surface area contributed by atoms with E-state index < -0.39 is 11.6 Å². The number of unbranched alkanes of at least 4 members (excludes halogenated alkanes) is 2. The summed E-state index contributed by atoms with van der Waals surface area (Å²) in [6.07, 6.45) is 4.23. The van der Waals surface area contributed by atoms with E-state index in [4.69, 9.17) is 0 Å². The highest BCUT2D eigenvalue weighted by molar-refractivity contribution is 5.23. The van der Waals surface area contributed by atoms with Crippen molar-refractivity contribution in [2.24, 2.45) is 0 Å². The first-order valence-corrected chi connectivity index (χ1v) is 7.62. The van der Waals surface area contributed by atoms with Crippen molar-refractivity contribution in [2.75, 3.05) is 26.2 Å². The molecule has 0 amide bonds. The van der Waals surface area contributed by atoms with Gasteiger partial charge >= 0.3 is 0 Å². The van der Waals surface area contributed by atoms with Crippen molar-refractivity contribution in [2.45, 2.75) is 38.6 Å². The number of nitrogens with one attached hydrogen (secondary N) is 1. The lowest BCUT2D eigenvalue weighted by Crippen LogP contribution is -2.45. The van der Waals surface area contributed by atoms with E-state index in [1.165, 1.54) is 6.07 Å². The van der Waals surface area contributed by atoms with E-state index >= 15 is 0 Å². The Kier molecular flexibility index (Phi) is 5.92. The van der Waals surface area contributed by atoms with Gasteiger partial charge in [-0.05, 0) is 12.5 Å². The van der Waals surface area contributed by atoms with Crippen LogP contribution in [0.25, 0.3) is 0 Å². The molecule has 1 aliphatic rings. The largest absolute Gasteiger partial charge is 0.314 e. The van der Waals surface area contributed by atoms with Gasteiger partial charge in [-0.2, -0.15) is 0 Å². The Balaban J connectivity index is 2.17. The van der Waals surface area contributed by atoms with Crippen LogP contribution in [0.5, 0.6) is 0 Å². The predicted octanol–water partition coefficient (Wildman–Crippen LogP) is 3.49. The highest BCUT2D eigenvalue weighted by Crippen LogP contribution is 2.29. The van der Waals surface area contributed by atoms with Gasteiger partial charge in [0.05, 0.1) is 0 Å². The Bertz CT molecular complexity index is 417. The maximum atomic E-state index is 14.1. The first-order valence-electron chi connectivity index (χ1n) is 7.62. The molecule has 0 unspecified atom stereocenters. The van der Waals surface area contributed by atoms with Gasteiger partial charge in [-0.1, -0.05) is 38.3 Å². The highest BCUT2D eigenvalue weighted by Gasteiger charge is 2.25. The van der Waals surface area contributed by atoms with Crippen molar-refractivity contribution in [3.8, 4) is 0 Å². The molecule has 2 nitrogen and oxygen atoms in total. The molecule has 1 N–H and O–H groups in total. The van der Waals surface area contributed by atoms with Crippen molar-refractivity contribution in [3.05, 3.63) is 35.4 Å². The van der Waals surface area contributed by atoms with Gasteiger partial charge in [0.25, 0.3) is 0 Å². The lowest BCUT2D eigenvalue weighted by molar-refractivity contribution is 0.159. The molecular weight excluding hydrogens is 258 g/mol. The average molecular weight is 282 g/mol. The van der Waals surface area contributed by atoms with Crippen LogP contribution < -0.4 is 5.32 Å². The molecule has 0 bridgehead atoms. The van der Waals surface area contributed by atoms with Crippen molar-refractivity contribution in [1.29, 1.82) is 0 Å². The number of halogens is 2. The summed E-state index contributed by atoms with van der Waals surface area (Å²) in [5.74, 6) is -1.41. The molecule has 1 heterocycles. The molecule has 20 heavy (non-hydrogen) atoms. The summed E-state index contributed by atoms with van der Waals surface area (Å²) in [6, 6.07) is 4.54.